The summed E-state index contributed by atoms with van der Waals surface area (Å²) < 4.78 is 5.35. The molecule has 0 radical (unpaired) electrons. The molecule has 0 unspecified atom stereocenters. The highest BCUT2D eigenvalue weighted by atomic mass is 16.6. The molecule has 0 bridgehead atoms. The van der Waals surface area contributed by atoms with Crippen molar-refractivity contribution in [3.63, 3.8) is 0 Å². The van der Waals surface area contributed by atoms with Gasteiger partial charge in [0.15, 0.2) is 0 Å². The molecule has 0 saturated carbocycles. The highest BCUT2D eigenvalue weighted by molar-refractivity contribution is 5.89. The first-order valence-electron chi connectivity index (χ1n) is 6.49. The fourth-order valence-electron chi connectivity index (χ4n) is 1.85. The number of carbonyl (C=O) groups excluding carboxylic acids is 1. The van der Waals surface area contributed by atoms with E-state index >= 15 is 0 Å². The Hall–Kier alpha value is -2.69. The van der Waals surface area contributed by atoms with E-state index in [1.807, 2.05) is 31.2 Å². The van der Waals surface area contributed by atoms with Crippen molar-refractivity contribution in [3.8, 4) is 0 Å². The van der Waals surface area contributed by atoms with Gasteiger partial charge in [-0.3, -0.25) is 10.1 Å². The van der Waals surface area contributed by atoms with Gasteiger partial charge in [-0.1, -0.05) is 29.8 Å². The van der Waals surface area contributed by atoms with Crippen LogP contribution in [0, 0.1) is 17.0 Å². The van der Waals surface area contributed by atoms with Gasteiger partial charge in [0.1, 0.15) is 6.10 Å². The molecule has 5 nitrogen and oxygen atoms in total. The maximum Gasteiger partial charge on any atom is 0.338 e. The average molecular weight is 285 g/mol. The molecule has 0 heterocycles. The summed E-state index contributed by atoms with van der Waals surface area (Å²) in [6.45, 7) is 3.77. The normalized spacial score (nSPS) is 11.7. The van der Waals surface area contributed by atoms with Gasteiger partial charge in [-0.15, -0.1) is 0 Å². The van der Waals surface area contributed by atoms with Crippen LogP contribution in [0.1, 0.15) is 34.5 Å². The lowest BCUT2D eigenvalue weighted by Gasteiger charge is -2.13. The van der Waals surface area contributed by atoms with E-state index in [0.717, 1.165) is 11.1 Å². The lowest BCUT2D eigenvalue weighted by atomic mass is 10.1. The first-order valence-corrected chi connectivity index (χ1v) is 6.49. The summed E-state index contributed by atoms with van der Waals surface area (Å²) in [7, 11) is 0. The summed E-state index contributed by atoms with van der Waals surface area (Å²) in [4.78, 5) is 22.0. The van der Waals surface area contributed by atoms with Crippen molar-refractivity contribution in [2.24, 2.45) is 0 Å². The number of benzene rings is 2. The second-order valence-corrected chi connectivity index (χ2v) is 4.76. The van der Waals surface area contributed by atoms with Crippen LogP contribution in [0.25, 0.3) is 0 Å². The predicted octanol–water partition coefficient (Wildman–Crippen LogP) is 3.82. The van der Waals surface area contributed by atoms with Gasteiger partial charge in [0.25, 0.3) is 5.69 Å². The van der Waals surface area contributed by atoms with Gasteiger partial charge in [-0.05, 0) is 31.5 Å². The molecular weight excluding hydrogens is 270 g/mol. The third kappa shape index (κ3) is 3.66. The maximum absolute atomic E-state index is 12.0. The molecule has 0 amide bonds. The number of carbonyl (C=O) groups is 1. The van der Waals surface area contributed by atoms with Crippen LogP contribution < -0.4 is 0 Å². The zero-order chi connectivity index (χ0) is 15.4. The Bertz CT molecular complexity index is 647. The van der Waals surface area contributed by atoms with E-state index < -0.39 is 10.9 Å². The van der Waals surface area contributed by atoms with E-state index in [0.29, 0.717) is 5.56 Å². The Morgan fingerprint density at radius 2 is 1.67 bits per heavy atom. The molecular formula is C16H15NO4. The van der Waals surface area contributed by atoms with Gasteiger partial charge < -0.3 is 4.74 Å². The molecule has 21 heavy (non-hydrogen) atoms. The minimum absolute atomic E-state index is 0.0573. The largest absolute Gasteiger partial charge is 0.454 e. The van der Waals surface area contributed by atoms with Crippen LogP contribution in [-0.2, 0) is 4.74 Å². The van der Waals surface area contributed by atoms with Crippen molar-refractivity contribution < 1.29 is 14.5 Å². The number of non-ortho nitro benzene ring substituents is 1. The Morgan fingerprint density at radius 1 is 1.10 bits per heavy atom. The highest BCUT2D eigenvalue weighted by Gasteiger charge is 2.15. The molecule has 0 aliphatic rings. The van der Waals surface area contributed by atoms with Gasteiger partial charge in [-0.25, -0.2) is 4.79 Å². The van der Waals surface area contributed by atoms with Crippen LogP contribution in [0.4, 0.5) is 5.69 Å². The number of nitro groups is 1. The summed E-state index contributed by atoms with van der Waals surface area (Å²) in [5, 5.41) is 10.6. The third-order valence-electron chi connectivity index (χ3n) is 3.14. The summed E-state index contributed by atoms with van der Waals surface area (Å²) in [6.07, 6.45) is -0.381. The molecule has 0 aliphatic carbocycles. The number of hydrogen-bond acceptors (Lipinski definition) is 4. The van der Waals surface area contributed by atoms with Crippen LogP contribution in [-0.4, -0.2) is 10.9 Å². The second-order valence-electron chi connectivity index (χ2n) is 4.76. The summed E-state index contributed by atoms with van der Waals surface area (Å²) >= 11 is 0. The quantitative estimate of drug-likeness (QED) is 0.486. The smallest absolute Gasteiger partial charge is 0.338 e. The second kappa shape index (κ2) is 6.17. The SMILES string of the molecule is Cc1ccc([C@H](C)OC(=O)c2ccc([N+](=O)[O-])cc2)cc1. The molecule has 0 spiro atoms. The number of nitrogens with zero attached hydrogens (tertiary/aromatic N) is 1. The predicted molar refractivity (Wildman–Crippen MR) is 78.1 cm³/mol. The topological polar surface area (TPSA) is 69.4 Å². The van der Waals surface area contributed by atoms with E-state index in [4.69, 9.17) is 4.74 Å². The number of hydrogen-bond donors (Lipinski definition) is 0. The van der Waals surface area contributed by atoms with Crippen molar-refractivity contribution in [1.82, 2.24) is 0 Å². The van der Waals surface area contributed by atoms with Crippen LogP contribution >= 0.6 is 0 Å². The van der Waals surface area contributed by atoms with Crippen molar-refractivity contribution in [2.45, 2.75) is 20.0 Å². The molecule has 1 atom stereocenters. The zero-order valence-electron chi connectivity index (χ0n) is 11.8. The zero-order valence-corrected chi connectivity index (χ0v) is 11.8. The number of rotatable bonds is 4. The molecule has 0 N–H and O–H groups in total. The molecule has 2 aromatic carbocycles. The summed E-state index contributed by atoms with van der Waals surface area (Å²) in [5.41, 5.74) is 2.27. The van der Waals surface area contributed by atoms with Gasteiger partial charge in [0, 0.05) is 12.1 Å². The minimum Gasteiger partial charge on any atom is -0.454 e. The average Bonchev–Trinajstić information content (AvgIpc) is 2.47. The van der Waals surface area contributed by atoms with Gasteiger partial charge in [-0.2, -0.15) is 0 Å². The van der Waals surface area contributed by atoms with Gasteiger partial charge in [0.2, 0.25) is 0 Å². The summed E-state index contributed by atoms with van der Waals surface area (Å²) in [6, 6.07) is 13.1. The van der Waals surface area contributed by atoms with E-state index in [2.05, 4.69) is 0 Å². The van der Waals surface area contributed by atoms with Crippen molar-refractivity contribution in [3.05, 3.63) is 75.3 Å². The monoisotopic (exact) mass is 285 g/mol. The highest BCUT2D eigenvalue weighted by Crippen LogP contribution is 2.20. The first-order chi connectivity index (χ1) is 9.97. The van der Waals surface area contributed by atoms with Crippen LogP contribution in [0.3, 0.4) is 0 Å². The minimum atomic E-state index is -0.510. The lowest BCUT2D eigenvalue weighted by Crippen LogP contribution is -2.09. The van der Waals surface area contributed by atoms with E-state index in [-0.39, 0.29) is 11.8 Å². The Morgan fingerprint density at radius 3 is 2.19 bits per heavy atom. The van der Waals surface area contributed by atoms with Crippen LogP contribution in [0.2, 0.25) is 0 Å². The molecule has 0 saturated heterocycles. The van der Waals surface area contributed by atoms with Crippen molar-refractivity contribution in [1.29, 1.82) is 0 Å². The van der Waals surface area contributed by atoms with Gasteiger partial charge in [0.05, 0.1) is 10.5 Å². The molecule has 0 fully saturated rings. The fourth-order valence-corrected chi connectivity index (χ4v) is 1.85. The van der Waals surface area contributed by atoms with E-state index in [1.165, 1.54) is 24.3 Å². The fraction of sp³-hybridized carbons (Fsp3) is 0.188. The number of nitro benzene ring substituents is 1. The Labute approximate surface area is 122 Å². The number of esters is 1. The molecule has 2 aromatic rings. The van der Waals surface area contributed by atoms with Gasteiger partial charge >= 0.3 is 5.97 Å². The summed E-state index contributed by atoms with van der Waals surface area (Å²) in [5.74, 6) is -0.502. The van der Waals surface area contributed by atoms with Crippen molar-refractivity contribution >= 4 is 11.7 Å². The van der Waals surface area contributed by atoms with Crippen LogP contribution in [0.15, 0.2) is 48.5 Å². The molecule has 108 valence electrons. The Balaban J connectivity index is 2.06. The third-order valence-corrected chi connectivity index (χ3v) is 3.14. The Kier molecular flexibility index (Phi) is 4.33. The van der Waals surface area contributed by atoms with E-state index in [1.54, 1.807) is 6.92 Å². The molecule has 5 heteroatoms. The standard InChI is InChI=1S/C16H15NO4/c1-11-3-5-13(6-4-11)12(2)21-16(18)14-7-9-15(10-8-14)17(19)20/h3-10,12H,1-2H3/t12-/m0/s1. The number of aryl methyl sites for hydroxylation is 1. The molecule has 0 aromatic heterocycles. The first kappa shape index (κ1) is 14.7. The van der Waals surface area contributed by atoms with Crippen molar-refractivity contribution in [2.75, 3.05) is 0 Å². The molecule has 2 rings (SSSR count). The van der Waals surface area contributed by atoms with Crippen LogP contribution in [0.5, 0.6) is 0 Å². The number of ether oxygens (including phenoxy) is 1. The molecule has 0 aliphatic heterocycles. The maximum atomic E-state index is 12.0. The van der Waals surface area contributed by atoms with E-state index in [9.17, 15) is 14.9 Å². The lowest BCUT2D eigenvalue weighted by molar-refractivity contribution is -0.384.